The van der Waals surface area contributed by atoms with E-state index >= 15 is 0 Å². The Kier molecular flexibility index (Phi) is 6.54. The molecular formula is C15H16N2O2S. The number of ketones is 1. The maximum Gasteiger partial charge on any atom is 0.164 e. The third-order valence-electron chi connectivity index (χ3n) is 2.44. The highest BCUT2D eigenvalue weighted by atomic mass is 32.2. The molecule has 0 aliphatic carbocycles. The Balaban J connectivity index is 2.95. The van der Waals surface area contributed by atoms with E-state index in [0.29, 0.717) is 12.2 Å². The van der Waals surface area contributed by atoms with Gasteiger partial charge in [0.15, 0.2) is 5.78 Å². The Labute approximate surface area is 122 Å². The fraction of sp³-hybridized carbons (Fsp3) is 0.267. The second kappa shape index (κ2) is 8.18. The summed E-state index contributed by atoms with van der Waals surface area (Å²) in [4.78, 5) is 16.6. The van der Waals surface area contributed by atoms with E-state index in [1.807, 2.05) is 24.3 Å². The molecule has 1 aromatic carbocycles. The molecule has 0 atom stereocenters. The number of carbonyl (C=O) groups is 1. The van der Waals surface area contributed by atoms with Crippen LogP contribution in [0.5, 0.6) is 0 Å². The van der Waals surface area contributed by atoms with Crippen molar-refractivity contribution < 1.29 is 9.90 Å². The second-order valence-corrected chi connectivity index (χ2v) is 5.17. The average molecular weight is 288 g/mol. The summed E-state index contributed by atoms with van der Waals surface area (Å²) >= 11 is 1.54. The van der Waals surface area contributed by atoms with E-state index in [1.54, 1.807) is 11.8 Å². The van der Waals surface area contributed by atoms with E-state index in [0.717, 1.165) is 10.6 Å². The topological polar surface area (TPSA) is 73.5 Å². The average Bonchev–Trinajstić information content (AvgIpc) is 2.40. The highest BCUT2D eigenvalue weighted by molar-refractivity contribution is 7.99. The largest absolute Gasteiger partial charge is 0.512 e. The molecule has 0 fully saturated rings. The van der Waals surface area contributed by atoms with E-state index in [-0.39, 0.29) is 17.1 Å². The van der Waals surface area contributed by atoms with E-state index in [9.17, 15) is 9.90 Å². The number of aliphatic hydroxyl groups is 1. The number of aliphatic imine (C=N–C) groups is 1. The zero-order chi connectivity index (χ0) is 15.0. The number of benzene rings is 1. The predicted octanol–water partition coefficient (Wildman–Crippen LogP) is 3.82. The number of allylic oxidation sites excluding steroid dienone is 2. The van der Waals surface area contributed by atoms with E-state index in [1.165, 1.54) is 20.1 Å². The number of nitrogens with zero attached hydrogens (tertiary/aromatic N) is 2. The third-order valence-corrected chi connectivity index (χ3v) is 3.50. The Morgan fingerprint density at radius 1 is 1.45 bits per heavy atom. The lowest BCUT2D eigenvalue weighted by atomic mass is 10.2. The first-order valence-corrected chi connectivity index (χ1v) is 7.08. The zero-order valence-electron chi connectivity index (χ0n) is 11.5. The van der Waals surface area contributed by atoms with Crippen LogP contribution in [0.3, 0.4) is 0 Å². The molecule has 0 spiro atoms. The first kappa shape index (κ1) is 16.0. The summed E-state index contributed by atoms with van der Waals surface area (Å²) in [7, 11) is 0. The SMILES string of the molecule is CC(=O)/C(C=Nc1ccccc1SCCC#N)=C(\C)O. The number of para-hydroxylation sites is 1. The number of Topliss-reactive ketones (excluding diaryl/α,β-unsaturated/α-hetero) is 1. The van der Waals surface area contributed by atoms with Crippen molar-refractivity contribution in [1.29, 1.82) is 5.26 Å². The summed E-state index contributed by atoms with van der Waals surface area (Å²) in [6.07, 6.45) is 1.85. The van der Waals surface area contributed by atoms with Crippen molar-refractivity contribution in [2.24, 2.45) is 4.99 Å². The van der Waals surface area contributed by atoms with Crippen LogP contribution in [-0.4, -0.2) is 22.9 Å². The van der Waals surface area contributed by atoms with Crippen molar-refractivity contribution in [2.75, 3.05) is 5.75 Å². The molecule has 1 rings (SSSR count). The minimum absolute atomic E-state index is 0.0455. The summed E-state index contributed by atoms with van der Waals surface area (Å²) in [6.45, 7) is 2.84. The van der Waals surface area contributed by atoms with Gasteiger partial charge in [-0.15, -0.1) is 11.8 Å². The van der Waals surface area contributed by atoms with Crippen LogP contribution in [0.25, 0.3) is 0 Å². The van der Waals surface area contributed by atoms with Gasteiger partial charge in [-0.3, -0.25) is 9.79 Å². The van der Waals surface area contributed by atoms with Crippen LogP contribution in [0, 0.1) is 11.3 Å². The first-order chi connectivity index (χ1) is 9.56. The molecule has 0 aliphatic heterocycles. The first-order valence-electron chi connectivity index (χ1n) is 6.10. The Morgan fingerprint density at radius 3 is 2.75 bits per heavy atom. The maximum absolute atomic E-state index is 11.4. The highest BCUT2D eigenvalue weighted by Crippen LogP contribution is 2.29. The minimum Gasteiger partial charge on any atom is -0.512 e. The van der Waals surface area contributed by atoms with Crippen LogP contribution in [0.15, 0.2) is 45.5 Å². The zero-order valence-corrected chi connectivity index (χ0v) is 12.3. The Bertz CT molecular complexity index is 582. The van der Waals surface area contributed by atoms with Gasteiger partial charge in [-0.1, -0.05) is 12.1 Å². The molecule has 0 heterocycles. The molecule has 20 heavy (non-hydrogen) atoms. The quantitative estimate of drug-likeness (QED) is 0.284. The summed E-state index contributed by atoms with van der Waals surface area (Å²) in [6, 6.07) is 9.58. The van der Waals surface area contributed by atoms with Gasteiger partial charge in [0, 0.05) is 23.3 Å². The Hall–Kier alpha value is -2.06. The molecular weight excluding hydrogens is 272 g/mol. The van der Waals surface area contributed by atoms with Gasteiger partial charge in [0.05, 0.1) is 17.3 Å². The van der Waals surface area contributed by atoms with E-state index < -0.39 is 0 Å². The molecule has 5 heteroatoms. The fourth-order valence-corrected chi connectivity index (χ4v) is 2.32. The Morgan fingerprint density at radius 2 is 2.15 bits per heavy atom. The molecule has 0 saturated heterocycles. The summed E-state index contributed by atoms with van der Waals surface area (Å²) in [5.74, 6) is 0.413. The monoisotopic (exact) mass is 288 g/mol. The van der Waals surface area contributed by atoms with Crippen molar-refractivity contribution in [3.05, 3.63) is 35.6 Å². The van der Waals surface area contributed by atoms with Crippen molar-refractivity contribution in [3.8, 4) is 6.07 Å². The van der Waals surface area contributed by atoms with Crippen molar-refractivity contribution in [2.45, 2.75) is 25.2 Å². The number of rotatable bonds is 6. The van der Waals surface area contributed by atoms with Gasteiger partial charge < -0.3 is 5.11 Å². The van der Waals surface area contributed by atoms with Gasteiger partial charge >= 0.3 is 0 Å². The van der Waals surface area contributed by atoms with Gasteiger partial charge in [0.2, 0.25) is 0 Å². The number of carbonyl (C=O) groups excluding carboxylic acids is 1. The molecule has 0 bridgehead atoms. The standard InChI is InChI=1S/C15H16N2O2S/c1-11(18)13(12(2)19)10-17-14-6-3-4-7-15(14)20-9-5-8-16/h3-4,6-7,10,18H,5,9H2,1-2H3/b13-11+,17-10?. The summed E-state index contributed by atoms with van der Waals surface area (Å²) < 4.78 is 0. The smallest absolute Gasteiger partial charge is 0.164 e. The molecule has 0 saturated carbocycles. The van der Waals surface area contributed by atoms with Crippen LogP contribution < -0.4 is 0 Å². The highest BCUT2D eigenvalue weighted by Gasteiger charge is 2.06. The van der Waals surface area contributed by atoms with Crippen molar-refractivity contribution in [3.63, 3.8) is 0 Å². The van der Waals surface area contributed by atoms with Crippen LogP contribution in [0.2, 0.25) is 0 Å². The summed E-state index contributed by atoms with van der Waals surface area (Å²) in [5, 5.41) is 18.0. The molecule has 1 N–H and O–H groups in total. The van der Waals surface area contributed by atoms with Gasteiger partial charge in [-0.25, -0.2) is 0 Å². The molecule has 1 aromatic rings. The van der Waals surface area contributed by atoms with Gasteiger partial charge in [0.25, 0.3) is 0 Å². The summed E-state index contributed by atoms with van der Waals surface area (Å²) in [5.41, 5.74) is 0.914. The lowest BCUT2D eigenvalue weighted by molar-refractivity contribution is -0.113. The predicted molar refractivity (Wildman–Crippen MR) is 81.6 cm³/mol. The molecule has 104 valence electrons. The number of nitriles is 1. The number of aliphatic hydroxyl groups excluding tert-OH is 1. The van der Waals surface area contributed by atoms with Crippen molar-refractivity contribution >= 4 is 29.4 Å². The second-order valence-electron chi connectivity index (χ2n) is 4.04. The minimum atomic E-state index is -0.233. The lowest BCUT2D eigenvalue weighted by Crippen LogP contribution is -2.01. The molecule has 0 aromatic heterocycles. The van der Waals surface area contributed by atoms with E-state index in [2.05, 4.69) is 11.1 Å². The normalized spacial score (nSPS) is 12.1. The number of thioether (sulfide) groups is 1. The van der Waals surface area contributed by atoms with Crippen LogP contribution in [-0.2, 0) is 4.79 Å². The molecule has 0 unspecified atom stereocenters. The van der Waals surface area contributed by atoms with Gasteiger partial charge in [0.1, 0.15) is 5.76 Å². The lowest BCUT2D eigenvalue weighted by Gasteiger charge is -2.04. The number of hydrogen-bond donors (Lipinski definition) is 1. The van der Waals surface area contributed by atoms with Crippen LogP contribution in [0.1, 0.15) is 20.3 Å². The van der Waals surface area contributed by atoms with Crippen LogP contribution in [0.4, 0.5) is 5.69 Å². The van der Waals surface area contributed by atoms with E-state index in [4.69, 9.17) is 5.26 Å². The third kappa shape index (κ3) is 4.90. The van der Waals surface area contributed by atoms with Gasteiger partial charge in [-0.05, 0) is 26.0 Å². The molecule has 0 radical (unpaired) electrons. The molecule has 0 aliphatic rings. The van der Waals surface area contributed by atoms with Crippen molar-refractivity contribution in [1.82, 2.24) is 0 Å². The molecule has 4 nitrogen and oxygen atoms in total. The van der Waals surface area contributed by atoms with Crippen LogP contribution >= 0.6 is 11.8 Å². The fourth-order valence-electron chi connectivity index (χ4n) is 1.47. The maximum atomic E-state index is 11.4. The molecule has 0 amide bonds. The van der Waals surface area contributed by atoms with Gasteiger partial charge in [-0.2, -0.15) is 5.26 Å². The number of hydrogen-bond acceptors (Lipinski definition) is 5.